The Morgan fingerprint density at radius 3 is 2.15 bits per heavy atom. The molecule has 5 nitrogen and oxygen atoms in total. The first-order valence-corrected chi connectivity index (χ1v) is 9.24. The van der Waals surface area contributed by atoms with Gasteiger partial charge in [0.1, 0.15) is 0 Å². The Hall–Kier alpha value is -2.92. The molecule has 0 saturated carbocycles. The number of fused-ring (bicyclic) bond motifs is 1. The van der Waals surface area contributed by atoms with Crippen molar-refractivity contribution in [3.8, 4) is 11.3 Å². The summed E-state index contributed by atoms with van der Waals surface area (Å²) in [6.07, 6.45) is 5.39. The van der Waals surface area contributed by atoms with Crippen molar-refractivity contribution in [2.75, 3.05) is 6.54 Å². The second-order valence-electron chi connectivity index (χ2n) is 6.52. The number of rotatable bonds is 6. The van der Waals surface area contributed by atoms with E-state index in [0.717, 1.165) is 30.6 Å². The van der Waals surface area contributed by atoms with E-state index in [-0.39, 0.29) is 11.8 Å². The van der Waals surface area contributed by atoms with E-state index in [9.17, 15) is 9.59 Å². The van der Waals surface area contributed by atoms with Crippen LogP contribution in [0.3, 0.4) is 0 Å². The van der Waals surface area contributed by atoms with E-state index in [1.165, 1.54) is 4.90 Å². The molecule has 2 heterocycles. The Labute approximate surface area is 162 Å². The van der Waals surface area contributed by atoms with Crippen LogP contribution in [-0.4, -0.2) is 32.8 Å². The molecule has 0 radical (unpaired) electrons. The molecule has 6 heteroatoms. The van der Waals surface area contributed by atoms with Crippen molar-refractivity contribution in [2.24, 2.45) is 0 Å². The summed E-state index contributed by atoms with van der Waals surface area (Å²) in [6.45, 7) is 1.22. The van der Waals surface area contributed by atoms with Gasteiger partial charge in [-0.3, -0.25) is 14.5 Å². The smallest absolute Gasteiger partial charge is 0.261 e. The number of imide groups is 1. The third-order valence-corrected chi connectivity index (χ3v) is 4.95. The van der Waals surface area contributed by atoms with Gasteiger partial charge < -0.3 is 4.57 Å². The normalized spacial score (nSPS) is 13.3. The molecule has 1 aliphatic rings. The zero-order valence-corrected chi connectivity index (χ0v) is 15.4. The van der Waals surface area contributed by atoms with Crippen molar-refractivity contribution in [3.63, 3.8) is 0 Å². The van der Waals surface area contributed by atoms with Crippen molar-refractivity contribution in [1.82, 2.24) is 14.5 Å². The summed E-state index contributed by atoms with van der Waals surface area (Å²) < 4.78 is 2.02. The molecule has 2 amide bonds. The molecule has 27 heavy (non-hydrogen) atoms. The van der Waals surface area contributed by atoms with Crippen LogP contribution in [0, 0.1) is 0 Å². The molecule has 0 atom stereocenters. The number of nitrogens with zero attached hydrogens (tertiary/aromatic N) is 3. The lowest BCUT2D eigenvalue weighted by Gasteiger charge is -2.13. The van der Waals surface area contributed by atoms with Gasteiger partial charge in [-0.15, -0.1) is 0 Å². The fraction of sp³-hybridized carbons (Fsp3) is 0.190. The fourth-order valence-electron chi connectivity index (χ4n) is 3.26. The topological polar surface area (TPSA) is 55.2 Å². The molecule has 3 aromatic rings. The molecule has 1 aromatic heterocycles. The Morgan fingerprint density at radius 2 is 1.48 bits per heavy atom. The van der Waals surface area contributed by atoms with Crippen LogP contribution in [0.15, 0.2) is 61.1 Å². The lowest BCUT2D eigenvalue weighted by molar-refractivity contribution is 0.0651. The average molecular weight is 380 g/mol. The first-order valence-electron chi connectivity index (χ1n) is 8.86. The number of aryl methyl sites for hydroxylation is 1. The highest BCUT2D eigenvalue weighted by Gasteiger charge is 2.34. The average Bonchev–Trinajstić information content (AvgIpc) is 3.25. The predicted octanol–water partition coefficient (Wildman–Crippen LogP) is 4.28. The largest absolute Gasteiger partial charge is 0.337 e. The van der Waals surface area contributed by atoms with Crippen LogP contribution < -0.4 is 0 Å². The zero-order valence-electron chi connectivity index (χ0n) is 14.6. The number of hydrogen-bond acceptors (Lipinski definition) is 3. The molecule has 0 bridgehead atoms. The maximum Gasteiger partial charge on any atom is 0.261 e. The van der Waals surface area contributed by atoms with Crippen molar-refractivity contribution in [1.29, 1.82) is 0 Å². The number of carbonyl (C=O) groups excluding carboxylic acids is 2. The highest BCUT2D eigenvalue weighted by molar-refractivity contribution is 6.30. The van der Waals surface area contributed by atoms with E-state index in [1.807, 2.05) is 35.0 Å². The highest BCUT2D eigenvalue weighted by atomic mass is 35.5. The summed E-state index contributed by atoms with van der Waals surface area (Å²) in [5.41, 5.74) is 2.92. The van der Waals surface area contributed by atoms with Crippen LogP contribution in [0.2, 0.25) is 5.02 Å². The number of aromatic nitrogens is 2. The molecular formula is C21H18ClN3O2. The van der Waals surface area contributed by atoms with E-state index in [4.69, 9.17) is 11.6 Å². The third-order valence-electron chi connectivity index (χ3n) is 4.70. The minimum Gasteiger partial charge on any atom is -0.337 e. The molecule has 2 aromatic carbocycles. The monoisotopic (exact) mass is 379 g/mol. The molecule has 0 saturated heterocycles. The first kappa shape index (κ1) is 17.5. The molecule has 0 N–H and O–H groups in total. The van der Waals surface area contributed by atoms with Gasteiger partial charge in [0.05, 0.1) is 23.1 Å². The summed E-state index contributed by atoms with van der Waals surface area (Å²) in [7, 11) is 0. The Kier molecular flexibility index (Phi) is 4.77. The van der Waals surface area contributed by atoms with Crippen LogP contribution in [0.1, 0.15) is 33.6 Å². The zero-order chi connectivity index (χ0) is 18.8. The number of carbonyl (C=O) groups is 2. The van der Waals surface area contributed by atoms with Gasteiger partial charge in [0.15, 0.2) is 0 Å². The van der Waals surface area contributed by atoms with E-state index in [0.29, 0.717) is 22.7 Å². The van der Waals surface area contributed by atoms with Crippen LogP contribution in [0.4, 0.5) is 0 Å². The Balaban J connectivity index is 1.31. The molecule has 4 rings (SSSR count). The third kappa shape index (κ3) is 3.51. The summed E-state index contributed by atoms with van der Waals surface area (Å²) >= 11 is 5.92. The maximum atomic E-state index is 12.3. The van der Waals surface area contributed by atoms with Crippen molar-refractivity contribution in [2.45, 2.75) is 19.4 Å². The predicted molar refractivity (Wildman–Crippen MR) is 104 cm³/mol. The molecule has 136 valence electrons. The van der Waals surface area contributed by atoms with Crippen molar-refractivity contribution >= 4 is 23.4 Å². The second-order valence-corrected chi connectivity index (χ2v) is 6.95. The SMILES string of the molecule is O=C1c2ccccc2C(=O)N1CCCCn1cnc(-c2ccc(Cl)cc2)c1. The number of imidazole rings is 1. The molecule has 0 spiro atoms. The van der Waals surface area contributed by atoms with Gasteiger partial charge in [0, 0.05) is 29.9 Å². The van der Waals surface area contributed by atoms with Crippen LogP contribution in [0.25, 0.3) is 11.3 Å². The minimum atomic E-state index is -0.191. The van der Waals surface area contributed by atoms with Crippen LogP contribution >= 0.6 is 11.6 Å². The van der Waals surface area contributed by atoms with Gasteiger partial charge in [-0.05, 0) is 37.1 Å². The highest BCUT2D eigenvalue weighted by Crippen LogP contribution is 2.23. The Morgan fingerprint density at radius 1 is 0.852 bits per heavy atom. The van der Waals surface area contributed by atoms with E-state index in [2.05, 4.69) is 4.98 Å². The van der Waals surface area contributed by atoms with Crippen LogP contribution in [-0.2, 0) is 6.54 Å². The van der Waals surface area contributed by atoms with E-state index >= 15 is 0 Å². The van der Waals surface area contributed by atoms with Crippen molar-refractivity contribution < 1.29 is 9.59 Å². The number of amides is 2. The molecular weight excluding hydrogens is 362 g/mol. The van der Waals surface area contributed by atoms with E-state index in [1.54, 1.807) is 30.6 Å². The summed E-state index contributed by atoms with van der Waals surface area (Å²) in [4.78, 5) is 30.4. The van der Waals surface area contributed by atoms with Crippen molar-refractivity contribution in [3.05, 3.63) is 77.2 Å². The van der Waals surface area contributed by atoms with Gasteiger partial charge in [0.2, 0.25) is 0 Å². The standard InChI is InChI=1S/C21H18ClN3O2/c22-16-9-7-15(8-10-16)19-13-24(14-23-19)11-3-4-12-25-20(26)17-5-1-2-6-18(17)21(25)27/h1-2,5-10,13-14H,3-4,11-12H2. The molecule has 0 aliphatic carbocycles. The minimum absolute atomic E-state index is 0.191. The number of halogens is 1. The number of benzene rings is 2. The van der Waals surface area contributed by atoms with Crippen LogP contribution in [0.5, 0.6) is 0 Å². The van der Waals surface area contributed by atoms with Gasteiger partial charge in [-0.2, -0.15) is 0 Å². The summed E-state index contributed by atoms with van der Waals surface area (Å²) in [5, 5.41) is 0.700. The quantitative estimate of drug-likeness (QED) is 0.474. The Bertz CT molecular complexity index is 960. The van der Waals surface area contributed by atoms with Gasteiger partial charge in [-0.1, -0.05) is 35.9 Å². The van der Waals surface area contributed by atoms with Gasteiger partial charge in [-0.25, -0.2) is 4.98 Å². The fourth-order valence-corrected chi connectivity index (χ4v) is 3.38. The summed E-state index contributed by atoms with van der Waals surface area (Å²) in [6, 6.07) is 14.6. The number of unbranched alkanes of at least 4 members (excludes halogenated alkanes) is 1. The second kappa shape index (κ2) is 7.37. The summed E-state index contributed by atoms with van der Waals surface area (Å²) in [5.74, 6) is -0.383. The molecule has 0 unspecified atom stereocenters. The molecule has 1 aliphatic heterocycles. The maximum absolute atomic E-state index is 12.3. The molecule has 0 fully saturated rings. The van der Waals surface area contributed by atoms with Gasteiger partial charge >= 0.3 is 0 Å². The lowest BCUT2D eigenvalue weighted by atomic mass is 10.1. The number of hydrogen-bond donors (Lipinski definition) is 0. The van der Waals surface area contributed by atoms with Gasteiger partial charge in [0.25, 0.3) is 11.8 Å². The van der Waals surface area contributed by atoms with E-state index < -0.39 is 0 Å². The first-order chi connectivity index (χ1) is 13.1. The lowest BCUT2D eigenvalue weighted by Crippen LogP contribution is -2.30.